The SMILES string of the molecule is Cc1nnc(SCC(=O)Cc2ccccc2)n1C. The van der Waals surface area contributed by atoms with Crippen molar-refractivity contribution in [3.05, 3.63) is 41.7 Å². The zero-order valence-corrected chi connectivity index (χ0v) is 11.3. The highest BCUT2D eigenvalue weighted by Gasteiger charge is 2.09. The molecule has 5 heteroatoms. The number of rotatable bonds is 5. The summed E-state index contributed by atoms with van der Waals surface area (Å²) >= 11 is 1.44. The van der Waals surface area contributed by atoms with Gasteiger partial charge in [-0.3, -0.25) is 4.79 Å². The molecule has 0 aliphatic carbocycles. The van der Waals surface area contributed by atoms with Gasteiger partial charge in [-0.2, -0.15) is 0 Å². The largest absolute Gasteiger partial charge is 0.309 e. The zero-order valence-electron chi connectivity index (χ0n) is 10.5. The second kappa shape index (κ2) is 5.82. The summed E-state index contributed by atoms with van der Waals surface area (Å²) in [5.74, 6) is 1.49. The molecular weight excluding hydrogens is 246 g/mol. The van der Waals surface area contributed by atoms with Crippen LogP contribution in [-0.2, 0) is 18.3 Å². The number of nitrogens with zero attached hydrogens (tertiary/aromatic N) is 3. The highest BCUT2D eigenvalue weighted by molar-refractivity contribution is 7.99. The first-order valence-corrected chi connectivity index (χ1v) is 6.70. The zero-order chi connectivity index (χ0) is 13.0. The lowest BCUT2D eigenvalue weighted by Gasteiger charge is -2.02. The van der Waals surface area contributed by atoms with Crippen LogP contribution in [0.3, 0.4) is 0 Å². The first-order valence-electron chi connectivity index (χ1n) is 5.71. The molecule has 0 N–H and O–H groups in total. The molecule has 0 aliphatic rings. The molecule has 0 spiro atoms. The minimum atomic E-state index is 0.201. The van der Waals surface area contributed by atoms with E-state index in [-0.39, 0.29) is 5.78 Å². The second-order valence-corrected chi connectivity index (χ2v) is 5.02. The van der Waals surface area contributed by atoms with Gasteiger partial charge in [0, 0.05) is 13.5 Å². The standard InChI is InChI=1S/C13H15N3OS/c1-10-14-15-13(16(10)2)18-9-12(17)8-11-6-4-3-5-7-11/h3-7H,8-9H2,1-2H3. The monoisotopic (exact) mass is 261 g/mol. The first-order chi connectivity index (χ1) is 8.66. The summed E-state index contributed by atoms with van der Waals surface area (Å²) in [6.07, 6.45) is 0.477. The molecule has 1 aromatic carbocycles. The van der Waals surface area contributed by atoms with Crippen LogP contribution in [0.25, 0.3) is 0 Å². The van der Waals surface area contributed by atoms with Gasteiger partial charge in [0.05, 0.1) is 5.75 Å². The van der Waals surface area contributed by atoms with E-state index in [1.54, 1.807) is 0 Å². The van der Waals surface area contributed by atoms with Crippen LogP contribution in [0.5, 0.6) is 0 Å². The Kier molecular flexibility index (Phi) is 4.15. The van der Waals surface area contributed by atoms with Crippen molar-refractivity contribution in [1.82, 2.24) is 14.8 Å². The van der Waals surface area contributed by atoms with Crippen LogP contribution in [0.1, 0.15) is 11.4 Å². The van der Waals surface area contributed by atoms with Gasteiger partial charge < -0.3 is 4.57 Å². The Labute approximate surface area is 110 Å². The average molecular weight is 261 g/mol. The molecular formula is C13H15N3OS. The van der Waals surface area contributed by atoms with Gasteiger partial charge in [0.2, 0.25) is 0 Å². The van der Waals surface area contributed by atoms with Crippen LogP contribution >= 0.6 is 11.8 Å². The predicted molar refractivity (Wildman–Crippen MR) is 71.6 cm³/mol. The Morgan fingerprint density at radius 2 is 2.00 bits per heavy atom. The van der Waals surface area contributed by atoms with E-state index >= 15 is 0 Å². The van der Waals surface area contributed by atoms with Crippen molar-refractivity contribution >= 4 is 17.5 Å². The van der Waals surface area contributed by atoms with Gasteiger partial charge in [-0.05, 0) is 12.5 Å². The highest BCUT2D eigenvalue weighted by atomic mass is 32.2. The van der Waals surface area contributed by atoms with E-state index in [4.69, 9.17) is 0 Å². The molecule has 0 saturated carbocycles. The second-order valence-electron chi connectivity index (χ2n) is 4.08. The van der Waals surface area contributed by atoms with Crippen LogP contribution in [0, 0.1) is 6.92 Å². The van der Waals surface area contributed by atoms with E-state index < -0.39 is 0 Å². The van der Waals surface area contributed by atoms with Gasteiger partial charge in [0.15, 0.2) is 5.16 Å². The quantitative estimate of drug-likeness (QED) is 0.773. The van der Waals surface area contributed by atoms with Crippen LogP contribution in [-0.4, -0.2) is 26.3 Å². The lowest BCUT2D eigenvalue weighted by atomic mass is 10.1. The number of hydrogen-bond acceptors (Lipinski definition) is 4. The number of carbonyl (C=O) groups is 1. The van der Waals surface area contributed by atoms with Crippen molar-refractivity contribution in [3.63, 3.8) is 0 Å². The highest BCUT2D eigenvalue weighted by Crippen LogP contribution is 2.15. The summed E-state index contributed by atoms with van der Waals surface area (Å²) in [6.45, 7) is 1.89. The van der Waals surface area contributed by atoms with Crippen molar-refractivity contribution in [3.8, 4) is 0 Å². The minimum Gasteiger partial charge on any atom is -0.309 e. The summed E-state index contributed by atoms with van der Waals surface area (Å²) in [5, 5.41) is 8.76. The Morgan fingerprint density at radius 1 is 1.28 bits per heavy atom. The fraction of sp³-hybridized carbons (Fsp3) is 0.308. The van der Waals surface area contributed by atoms with E-state index in [1.807, 2.05) is 48.9 Å². The first kappa shape index (κ1) is 12.8. The van der Waals surface area contributed by atoms with Crippen molar-refractivity contribution < 1.29 is 4.79 Å². The lowest BCUT2D eigenvalue weighted by molar-refractivity contribution is -0.116. The minimum absolute atomic E-state index is 0.201. The molecule has 1 aromatic heterocycles. The van der Waals surface area contributed by atoms with Crippen LogP contribution < -0.4 is 0 Å². The van der Waals surface area contributed by atoms with Gasteiger partial charge >= 0.3 is 0 Å². The van der Waals surface area contributed by atoms with Crippen LogP contribution in [0.4, 0.5) is 0 Å². The summed E-state index contributed by atoms with van der Waals surface area (Å²) in [5.41, 5.74) is 1.05. The van der Waals surface area contributed by atoms with Gasteiger partial charge in [-0.25, -0.2) is 0 Å². The van der Waals surface area contributed by atoms with E-state index in [1.165, 1.54) is 11.8 Å². The van der Waals surface area contributed by atoms with Crippen molar-refractivity contribution in [2.24, 2.45) is 7.05 Å². The number of hydrogen-bond donors (Lipinski definition) is 0. The summed E-state index contributed by atoms with van der Waals surface area (Å²) in [4.78, 5) is 11.8. The molecule has 0 bridgehead atoms. The fourth-order valence-corrected chi connectivity index (χ4v) is 2.35. The molecule has 2 rings (SSSR count). The molecule has 0 saturated heterocycles. The average Bonchev–Trinajstić information content (AvgIpc) is 2.69. The Hall–Kier alpha value is -1.62. The molecule has 18 heavy (non-hydrogen) atoms. The third kappa shape index (κ3) is 3.20. The molecule has 94 valence electrons. The number of aryl methyl sites for hydroxylation is 1. The fourth-order valence-electron chi connectivity index (χ4n) is 1.53. The third-order valence-electron chi connectivity index (χ3n) is 2.66. The number of carbonyl (C=O) groups excluding carboxylic acids is 1. The topological polar surface area (TPSA) is 47.8 Å². The van der Waals surface area contributed by atoms with Gasteiger partial charge in [-0.15, -0.1) is 10.2 Å². The molecule has 0 fully saturated rings. The molecule has 0 unspecified atom stereocenters. The Balaban J connectivity index is 1.87. The number of Topliss-reactive ketones (excluding diaryl/α,β-unsaturated/α-hetero) is 1. The summed E-state index contributed by atoms with van der Waals surface area (Å²) in [6, 6.07) is 9.78. The summed E-state index contributed by atoms with van der Waals surface area (Å²) in [7, 11) is 1.90. The van der Waals surface area contributed by atoms with Gasteiger partial charge in [0.1, 0.15) is 11.6 Å². The Bertz CT molecular complexity index is 536. The molecule has 4 nitrogen and oxygen atoms in total. The maximum atomic E-state index is 11.8. The van der Waals surface area contributed by atoms with E-state index in [9.17, 15) is 4.79 Å². The van der Waals surface area contributed by atoms with Crippen LogP contribution in [0.2, 0.25) is 0 Å². The maximum absolute atomic E-state index is 11.8. The van der Waals surface area contributed by atoms with Crippen molar-refractivity contribution in [2.75, 3.05) is 5.75 Å². The molecule has 0 atom stereocenters. The Morgan fingerprint density at radius 3 is 2.61 bits per heavy atom. The van der Waals surface area contributed by atoms with Crippen molar-refractivity contribution in [2.45, 2.75) is 18.5 Å². The molecule has 0 radical (unpaired) electrons. The van der Waals surface area contributed by atoms with Gasteiger partial charge in [0.25, 0.3) is 0 Å². The maximum Gasteiger partial charge on any atom is 0.191 e. The molecule has 1 heterocycles. The summed E-state index contributed by atoms with van der Waals surface area (Å²) < 4.78 is 1.89. The van der Waals surface area contributed by atoms with Crippen LogP contribution in [0.15, 0.2) is 35.5 Å². The number of ketones is 1. The molecule has 0 aliphatic heterocycles. The van der Waals surface area contributed by atoms with Crippen molar-refractivity contribution in [1.29, 1.82) is 0 Å². The molecule has 0 amide bonds. The van der Waals surface area contributed by atoms with Gasteiger partial charge in [-0.1, -0.05) is 42.1 Å². The van der Waals surface area contributed by atoms with E-state index in [0.717, 1.165) is 16.5 Å². The number of benzene rings is 1. The smallest absolute Gasteiger partial charge is 0.191 e. The van der Waals surface area contributed by atoms with E-state index in [2.05, 4.69) is 10.2 Å². The lowest BCUT2D eigenvalue weighted by Crippen LogP contribution is -2.06. The predicted octanol–water partition coefficient (Wildman–Crippen LogP) is 2.03. The number of aromatic nitrogens is 3. The number of thioether (sulfide) groups is 1. The normalized spacial score (nSPS) is 10.6. The van der Waals surface area contributed by atoms with E-state index in [0.29, 0.717) is 12.2 Å². The third-order valence-corrected chi connectivity index (χ3v) is 3.74. The molecule has 2 aromatic rings.